The predicted octanol–water partition coefficient (Wildman–Crippen LogP) is 5.34. The molecule has 5 rings (SSSR count). The van der Waals surface area contributed by atoms with Gasteiger partial charge in [0.1, 0.15) is 5.75 Å². The molecule has 2 aliphatic rings. The van der Waals surface area contributed by atoms with Crippen molar-refractivity contribution in [2.45, 2.75) is 44.1 Å². The molecule has 0 bridgehead atoms. The van der Waals surface area contributed by atoms with Crippen molar-refractivity contribution in [3.8, 4) is 5.75 Å². The molecule has 0 saturated heterocycles. The number of nitrogens with one attached hydrogen (secondary N) is 1. The van der Waals surface area contributed by atoms with E-state index in [0.29, 0.717) is 24.0 Å². The second-order valence-corrected chi connectivity index (χ2v) is 8.26. The Bertz CT molecular complexity index is 1160. The molecule has 0 saturated carbocycles. The maximum absolute atomic E-state index is 13.1. The number of anilines is 1. The lowest BCUT2D eigenvalue weighted by Gasteiger charge is -2.27. The van der Waals surface area contributed by atoms with Crippen LogP contribution in [0.4, 0.5) is 18.9 Å². The van der Waals surface area contributed by atoms with Gasteiger partial charge in [-0.15, -0.1) is 13.2 Å². The molecule has 2 atom stereocenters. The summed E-state index contributed by atoms with van der Waals surface area (Å²) in [5, 5.41) is 3.59. The fourth-order valence-electron chi connectivity index (χ4n) is 4.69. The molecule has 7 heteroatoms. The van der Waals surface area contributed by atoms with Crippen LogP contribution in [0.2, 0.25) is 0 Å². The Hall–Kier alpha value is -3.35. The van der Waals surface area contributed by atoms with E-state index in [1.807, 2.05) is 41.2 Å². The van der Waals surface area contributed by atoms with Crippen LogP contribution in [-0.4, -0.2) is 12.1 Å². The molecule has 1 N–H and O–H groups in total. The van der Waals surface area contributed by atoms with E-state index >= 15 is 0 Å². The summed E-state index contributed by atoms with van der Waals surface area (Å²) in [5.41, 5.74) is 4.54. The number of pyridine rings is 1. The van der Waals surface area contributed by atoms with Crippen molar-refractivity contribution in [1.82, 2.24) is 0 Å². The Kier molecular flexibility index (Phi) is 5.12. The van der Waals surface area contributed by atoms with Crippen molar-refractivity contribution in [2.24, 2.45) is 0 Å². The van der Waals surface area contributed by atoms with Crippen molar-refractivity contribution in [1.29, 1.82) is 0 Å². The van der Waals surface area contributed by atoms with Gasteiger partial charge in [-0.05, 0) is 48.6 Å². The molecule has 32 heavy (non-hydrogen) atoms. The number of benzene rings is 2. The number of carbonyl (C=O) groups is 1. The number of halogens is 3. The minimum absolute atomic E-state index is 0.0827. The topological polar surface area (TPSA) is 42.2 Å². The molecule has 0 amide bonds. The number of Topliss-reactive ketones (excluding diaryl/α,β-unsaturated/α-hetero) is 1. The predicted molar refractivity (Wildman–Crippen MR) is 113 cm³/mol. The lowest BCUT2D eigenvalue weighted by Crippen LogP contribution is -2.46. The summed E-state index contributed by atoms with van der Waals surface area (Å²) >= 11 is 0. The zero-order valence-corrected chi connectivity index (χ0v) is 17.2. The monoisotopic (exact) mass is 439 g/mol. The van der Waals surface area contributed by atoms with E-state index in [1.54, 1.807) is 0 Å². The SMILES string of the molecule is O=C1c2ccc(OC(F)(F)F)cc2CCC1[n+]1ccc2c(c1)CCC(c1ccccc1)N2. The third kappa shape index (κ3) is 4.07. The Morgan fingerprint density at radius 2 is 1.75 bits per heavy atom. The van der Waals surface area contributed by atoms with Gasteiger partial charge in [-0.1, -0.05) is 30.3 Å². The average molecular weight is 439 g/mol. The number of rotatable bonds is 3. The molecule has 1 aliphatic heterocycles. The summed E-state index contributed by atoms with van der Waals surface area (Å²) in [7, 11) is 0. The quantitative estimate of drug-likeness (QED) is 0.560. The molecule has 2 heterocycles. The molecule has 0 spiro atoms. The minimum Gasteiger partial charge on any atom is -0.406 e. The highest BCUT2D eigenvalue weighted by atomic mass is 19.4. The number of aryl methyl sites for hydroxylation is 2. The van der Waals surface area contributed by atoms with Gasteiger partial charge in [0.15, 0.2) is 12.4 Å². The molecule has 1 aromatic heterocycles. The van der Waals surface area contributed by atoms with Gasteiger partial charge in [0.05, 0.1) is 6.04 Å². The summed E-state index contributed by atoms with van der Waals surface area (Å²) in [4.78, 5) is 13.1. The van der Waals surface area contributed by atoms with E-state index in [0.717, 1.165) is 24.1 Å². The molecule has 4 nitrogen and oxygen atoms in total. The van der Waals surface area contributed by atoms with Gasteiger partial charge in [-0.3, -0.25) is 4.79 Å². The summed E-state index contributed by atoms with van der Waals surface area (Å²) < 4.78 is 43.4. The maximum Gasteiger partial charge on any atom is 0.573 e. The first-order valence-corrected chi connectivity index (χ1v) is 10.7. The van der Waals surface area contributed by atoms with E-state index in [1.165, 1.54) is 23.8 Å². The summed E-state index contributed by atoms with van der Waals surface area (Å²) in [6.07, 6.45) is 2.10. The Morgan fingerprint density at radius 3 is 2.53 bits per heavy atom. The van der Waals surface area contributed by atoms with Crippen LogP contribution in [0.15, 0.2) is 67.0 Å². The van der Waals surface area contributed by atoms with Crippen LogP contribution >= 0.6 is 0 Å². The second-order valence-electron chi connectivity index (χ2n) is 8.26. The van der Waals surface area contributed by atoms with Crippen molar-refractivity contribution in [3.05, 3.63) is 89.2 Å². The fourth-order valence-corrected chi connectivity index (χ4v) is 4.69. The van der Waals surface area contributed by atoms with E-state index in [-0.39, 0.29) is 23.6 Å². The van der Waals surface area contributed by atoms with E-state index in [9.17, 15) is 18.0 Å². The number of ether oxygens (including phenoxy) is 1. The van der Waals surface area contributed by atoms with Gasteiger partial charge in [0, 0.05) is 29.3 Å². The first-order chi connectivity index (χ1) is 15.4. The zero-order valence-electron chi connectivity index (χ0n) is 17.2. The number of aromatic nitrogens is 1. The lowest BCUT2D eigenvalue weighted by molar-refractivity contribution is -0.709. The van der Waals surface area contributed by atoms with Crippen LogP contribution in [0.25, 0.3) is 0 Å². The second kappa shape index (κ2) is 7.97. The van der Waals surface area contributed by atoms with Crippen LogP contribution in [0, 0.1) is 0 Å². The van der Waals surface area contributed by atoms with Crippen LogP contribution < -0.4 is 14.6 Å². The summed E-state index contributed by atoms with van der Waals surface area (Å²) in [5.74, 6) is -0.372. The van der Waals surface area contributed by atoms with E-state index in [4.69, 9.17) is 0 Å². The normalized spacial score (nSPS) is 20.2. The number of carbonyl (C=O) groups excluding carboxylic acids is 1. The lowest BCUT2D eigenvalue weighted by atomic mass is 9.86. The largest absolute Gasteiger partial charge is 0.573 e. The number of alkyl halides is 3. The molecular formula is C25H22F3N2O2+. The van der Waals surface area contributed by atoms with Gasteiger partial charge in [0.25, 0.3) is 0 Å². The Labute approximate surface area is 183 Å². The van der Waals surface area contributed by atoms with Gasteiger partial charge < -0.3 is 10.1 Å². The highest BCUT2D eigenvalue weighted by Gasteiger charge is 2.36. The Morgan fingerprint density at radius 1 is 0.969 bits per heavy atom. The van der Waals surface area contributed by atoms with Crippen molar-refractivity contribution >= 4 is 11.5 Å². The van der Waals surface area contributed by atoms with Gasteiger partial charge in [-0.2, -0.15) is 4.57 Å². The molecule has 2 unspecified atom stereocenters. The Balaban J connectivity index is 1.35. The highest BCUT2D eigenvalue weighted by Crippen LogP contribution is 2.34. The molecule has 0 radical (unpaired) electrons. The summed E-state index contributed by atoms with van der Waals surface area (Å²) in [6, 6.07) is 16.2. The smallest absolute Gasteiger partial charge is 0.406 e. The average Bonchev–Trinajstić information content (AvgIpc) is 2.78. The molecule has 3 aromatic rings. The number of ketones is 1. The first-order valence-electron chi connectivity index (χ1n) is 10.7. The van der Waals surface area contributed by atoms with E-state index in [2.05, 4.69) is 22.2 Å². The van der Waals surface area contributed by atoms with Gasteiger partial charge in [-0.25, -0.2) is 0 Å². The zero-order chi connectivity index (χ0) is 22.3. The summed E-state index contributed by atoms with van der Waals surface area (Å²) in [6.45, 7) is 0. The van der Waals surface area contributed by atoms with Crippen LogP contribution in [-0.2, 0) is 12.8 Å². The minimum atomic E-state index is -4.75. The fraction of sp³-hybridized carbons (Fsp3) is 0.280. The van der Waals surface area contributed by atoms with Crippen LogP contribution in [0.3, 0.4) is 0 Å². The van der Waals surface area contributed by atoms with Crippen molar-refractivity contribution in [3.63, 3.8) is 0 Å². The van der Waals surface area contributed by atoms with Crippen molar-refractivity contribution in [2.75, 3.05) is 5.32 Å². The molecule has 2 aromatic carbocycles. The molecule has 0 fully saturated rings. The number of hydrogen-bond donors (Lipinski definition) is 1. The third-order valence-corrected chi connectivity index (χ3v) is 6.22. The molecular weight excluding hydrogens is 417 g/mol. The number of hydrogen-bond acceptors (Lipinski definition) is 3. The van der Waals surface area contributed by atoms with Crippen LogP contribution in [0.5, 0.6) is 5.75 Å². The van der Waals surface area contributed by atoms with Gasteiger partial charge >= 0.3 is 6.36 Å². The maximum atomic E-state index is 13.1. The number of nitrogens with zero attached hydrogens (tertiary/aromatic N) is 1. The van der Waals surface area contributed by atoms with Gasteiger partial charge in [0.2, 0.25) is 11.8 Å². The standard InChI is InChI=1S/C25H21F3N2O2/c26-25(27,28)32-19-8-9-20-17(14-19)7-11-23(24(20)31)30-13-12-22-18(15-30)6-10-21(29-22)16-4-2-1-3-5-16/h1-5,8-9,12-15,21,23H,6-7,10-11H2/p+1. The highest BCUT2D eigenvalue weighted by molar-refractivity contribution is 6.00. The number of fused-ring (bicyclic) bond motifs is 2. The first kappa shape index (κ1) is 20.5. The van der Waals surface area contributed by atoms with Crippen molar-refractivity contribution < 1.29 is 27.3 Å². The molecule has 1 aliphatic carbocycles. The molecule has 164 valence electrons. The third-order valence-electron chi connectivity index (χ3n) is 6.22. The van der Waals surface area contributed by atoms with E-state index < -0.39 is 6.36 Å². The van der Waals surface area contributed by atoms with Crippen LogP contribution in [0.1, 0.15) is 52.0 Å².